The Kier molecular flexibility index (Phi) is 5.77. The second kappa shape index (κ2) is 7.35. The predicted molar refractivity (Wildman–Crippen MR) is 87.2 cm³/mol. The molecule has 2 heteroatoms. The average molecular weight is 277 g/mol. The van der Waals surface area contributed by atoms with E-state index in [-0.39, 0.29) is 0 Å². The first-order chi connectivity index (χ1) is 9.22. The lowest BCUT2D eigenvalue weighted by atomic mass is 10.0. The summed E-state index contributed by atoms with van der Waals surface area (Å²) in [6.07, 6.45) is 6.34. The van der Waals surface area contributed by atoms with E-state index < -0.39 is 0 Å². The number of benzene rings is 1. The second-order valence-electron chi connectivity index (χ2n) is 5.70. The van der Waals surface area contributed by atoms with Gasteiger partial charge in [-0.3, -0.25) is 0 Å². The summed E-state index contributed by atoms with van der Waals surface area (Å²) >= 11 is 2.09. The Morgan fingerprint density at radius 3 is 2.79 bits per heavy atom. The number of aryl methyl sites for hydroxylation is 2. The smallest absolute Gasteiger partial charge is 0.0195 e. The zero-order chi connectivity index (χ0) is 13.7. The van der Waals surface area contributed by atoms with E-state index in [2.05, 4.69) is 56.2 Å². The van der Waals surface area contributed by atoms with Crippen LogP contribution in [0.2, 0.25) is 0 Å². The van der Waals surface area contributed by atoms with E-state index in [1.54, 1.807) is 11.1 Å². The van der Waals surface area contributed by atoms with Crippen molar-refractivity contribution in [3.05, 3.63) is 34.9 Å². The van der Waals surface area contributed by atoms with Gasteiger partial charge in [-0.25, -0.2) is 0 Å². The highest BCUT2D eigenvalue weighted by Crippen LogP contribution is 2.24. The molecule has 0 aliphatic heterocycles. The Labute approximate surface area is 122 Å². The van der Waals surface area contributed by atoms with Gasteiger partial charge in [0.1, 0.15) is 0 Å². The topological polar surface area (TPSA) is 12.0 Å². The van der Waals surface area contributed by atoms with E-state index >= 15 is 0 Å². The molecule has 1 aromatic rings. The van der Waals surface area contributed by atoms with Crippen LogP contribution in [-0.4, -0.2) is 24.1 Å². The van der Waals surface area contributed by atoms with Crippen molar-refractivity contribution in [2.75, 3.05) is 12.8 Å². The van der Waals surface area contributed by atoms with E-state index in [9.17, 15) is 0 Å². The lowest BCUT2D eigenvalue weighted by Gasteiger charge is -2.18. The fraction of sp³-hybridized carbons (Fsp3) is 0.647. The number of likely N-dealkylation sites (N-methyl/N-ethyl adjacent to an activating group) is 1. The molecule has 0 aromatic heterocycles. The van der Waals surface area contributed by atoms with Crippen molar-refractivity contribution >= 4 is 11.8 Å². The second-order valence-corrected chi connectivity index (χ2v) is 7.17. The molecular weight excluding hydrogens is 250 g/mol. The zero-order valence-corrected chi connectivity index (χ0v) is 13.4. The van der Waals surface area contributed by atoms with E-state index in [0.29, 0.717) is 6.04 Å². The van der Waals surface area contributed by atoms with Gasteiger partial charge in [0.15, 0.2) is 0 Å². The van der Waals surface area contributed by atoms with Crippen LogP contribution >= 0.6 is 11.8 Å². The monoisotopic (exact) mass is 277 g/mol. The van der Waals surface area contributed by atoms with E-state index in [1.807, 2.05) is 0 Å². The third-order valence-electron chi connectivity index (χ3n) is 4.21. The van der Waals surface area contributed by atoms with E-state index in [1.165, 1.54) is 37.0 Å². The van der Waals surface area contributed by atoms with Gasteiger partial charge in [-0.15, -0.1) is 0 Å². The van der Waals surface area contributed by atoms with Crippen LogP contribution in [0.25, 0.3) is 0 Å². The number of thioether (sulfide) groups is 1. The minimum atomic E-state index is 0.596. The summed E-state index contributed by atoms with van der Waals surface area (Å²) in [4.78, 5) is 0. The molecule has 1 aromatic carbocycles. The van der Waals surface area contributed by atoms with Crippen molar-refractivity contribution in [2.45, 2.75) is 57.2 Å². The third-order valence-corrected chi connectivity index (χ3v) is 5.71. The van der Waals surface area contributed by atoms with Gasteiger partial charge in [-0.2, -0.15) is 11.8 Å². The molecule has 1 aliphatic carbocycles. The molecule has 1 nitrogen and oxygen atoms in total. The predicted octanol–water partition coefficient (Wildman–Crippen LogP) is 3.84. The molecule has 0 saturated carbocycles. The first-order valence-electron chi connectivity index (χ1n) is 7.62. The van der Waals surface area contributed by atoms with Crippen molar-refractivity contribution in [2.24, 2.45) is 0 Å². The first kappa shape index (κ1) is 14.9. The maximum atomic E-state index is 3.48. The summed E-state index contributed by atoms with van der Waals surface area (Å²) in [5.74, 6) is 1.21. The molecule has 0 saturated heterocycles. The largest absolute Gasteiger partial charge is 0.316 e. The molecule has 0 heterocycles. The lowest BCUT2D eigenvalue weighted by molar-refractivity contribution is 0.615. The Morgan fingerprint density at radius 1 is 1.26 bits per heavy atom. The maximum Gasteiger partial charge on any atom is 0.0195 e. The molecule has 106 valence electrons. The highest BCUT2D eigenvalue weighted by Gasteiger charge is 2.13. The molecule has 0 bridgehead atoms. The van der Waals surface area contributed by atoms with E-state index in [0.717, 1.165) is 11.7 Å². The number of nitrogens with one attached hydrogen (secondary N) is 1. The molecule has 0 amide bonds. The first-order valence-corrected chi connectivity index (χ1v) is 8.67. The van der Waals surface area contributed by atoms with Crippen LogP contribution in [0.15, 0.2) is 18.2 Å². The summed E-state index contributed by atoms with van der Waals surface area (Å²) in [6.45, 7) is 4.60. The van der Waals surface area contributed by atoms with Crippen molar-refractivity contribution in [3.8, 4) is 0 Å². The Bertz CT molecular complexity index is 402. The molecule has 19 heavy (non-hydrogen) atoms. The number of hydrogen-bond donors (Lipinski definition) is 1. The lowest BCUT2D eigenvalue weighted by Crippen LogP contribution is -2.30. The quantitative estimate of drug-likeness (QED) is 0.813. The number of fused-ring (bicyclic) bond motifs is 1. The summed E-state index contributed by atoms with van der Waals surface area (Å²) < 4.78 is 0. The normalized spacial score (nSPS) is 17.2. The third kappa shape index (κ3) is 4.25. The van der Waals surface area contributed by atoms with Gasteiger partial charge >= 0.3 is 0 Å². The number of hydrogen-bond acceptors (Lipinski definition) is 2. The summed E-state index contributed by atoms with van der Waals surface area (Å²) in [5.41, 5.74) is 4.69. The van der Waals surface area contributed by atoms with Crippen LogP contribution in [0.4, 0.5) is 0 Å². The molecule has 0 spiro atoms. The Morgan fingerprint density at radius 2 is 2.05 bits per heavy atom. The highest BCUT2D eigenvalue weighted by molar-refractivity contribution is 7.99. The van der Waals surface area contributed by atoms with Gasteiger partial charge in [0.2, 0.25) is 0 Å². The molecular formula is C17H27NS. The fourth-order valence-corrected chi connectivity index (χ4v) is 3.76. The standard InChI is InChI=1S/C17H27NS/c1-4-13(2)19-12-17(18-3)11-14-8-9-15-6-5-7-16(15)10-14/h8-10,13,17-18H,4-7,11-12H2,1-3H3. The minimum Gasteiger partial charge on any atom is -0.316 e. The highest BCUT2D eigenvalue weighted by atomic mass is 32.2. The van der Waals surface area contributed by atoms with Crippen molar-refractivity contribution in [3.63, 3.8) is 0 Å². The van der Waals surface area contributed by atoms with Crippen LogP contribution in [0.3, 0.4) is 0 Å². The van der Waals surface area contributed by atoms with Gasteiger partial charge in [0, 0.05) is 17.0 Å². The van der Waals surface area contributed by atoms with Crippen molar-refractivity contribution in [1.82, 2.24) is 5.32 Å². The average Bonchev–Trinajstić information content (AvgIpc) is 2.90. The minimum absolute atomic E-state index is 0.596. The summed E-state index contributed by atoms with van der Waals surface area (Å²) in [5, 5.41) is 4.25. The van der Waals surface area contributed by atoms with Crippen LogP contribution in [0, 0.1) is 0 Å². The van der Waals surface area contributed by atoms with Crippen LogP contribution in [0.1, 0.15) is 43.4 Å². The number of rotatable bonds is 7. The maximum absolute atomic E-state index is 3.48. The van der Waals surface area contributed by atoms with Crippen LogP contribution in [-0.2, 0) is 19.3 Å². The zero-order valence-electron chi connectivity index (χ0n) is 12.5. The molecule has 1 aliphatic rings. The molecule has 0 fully saturated rings. The molecule has 2 atom stereocenters. The molecule has 2 unspecified atom stereocenters. The van der Waals surface area contributed by atoms with Crippen LogP contribution in [0.5, 0.6) is 0 Å². The van der Waals surface area contributed by atoms with Gasteiger partial charge in [0.05, 0.1) is 0 Å². The molecule has 0 radical (unpaired) electrons. The Hall–Kier alpha value is -0.470. The fourth-order valence-electron chi connectivity index (χ4n) is 2.68. The van der Waals surface area contributed by atoms with Crippen molar-refractivity contribution < 1.29 is 0 Å². The van der Waals surface area contributed by atoms with E-state index in [4.69, 9.17) is 0 Å². The molecule has 1 N–H and O–H groups in total. The van der Waals surface area contributed by atoms with Gasteiger partial charge < -0.3 is 5.32 Å². The van der Waals surface area contributed by atoms with Gasteiger partial charge in [0.25, 0.3) is 0 Å². The summed E-state index contributed by atoms with van der Waals surface area (Å²) in [6, 6.07) is 7.73. The van der Waals surface area contributed by atoms with Crippen molar-refractivity contribution in [1.29, 1.82) is 0 Å². The van der Waals surface area contributed by atoms with Gasteiger partial charge in [-0.05, 0) is 55.8 Å². The summed E-state index contributed by atoms with van der Waals surface area (Å²) in [7, 11) is 2.09. The SMILES string of the molecule is CCC(C)SCC(Cc1ccc2c(c1)CCC2)NC. The van der Waals surface area contributed by atoms with Gasteiger partial charge in [-0.1, -0.05) is 32.0 Å². The molecule has 2 rings (SSSR count). The van der Waals surface area contributed by atoms with Crippen LogP contribution < -0.4 is 5.32 Å². The Balaban J connectivity index is 1.90.